The van der Waals surface area contributed by atoms with E-state index in [1.165, 1.54) is 64.2 Å². The topological polar surface area (TPSA) is 29.4 Å². The van der Waals surface area contributed by atoms with E-state index in [4.69, 9.17) is 0 Å². The summed E-state index contributed by atoms with van der Waals surface area (Å²) in [5.74, 6) is 0. The van der Waals surface area contributed by atoms with Crippen LogP contribution in [0.15, 0.2) is 4.99 Å². The van der Waals surface area contributed by atoms with E-state index in [0.29, 0.717) is 0 Å². The molecule has 2 nitrogen and oxygen atoms in total. The van der Waals surface area contributed by atoms with Crippen molar-refractivity contribution in [3.8, 4) is 0 Å². The first-order valence-corrected chi connectivity index (χ1v) is 8.61. The first-order valence-electron chi connectivity index (χ1n) is 8.61. The number of isocyanates is 1. The van der Waals surface area contributed by atoms with Gasteiger partial charge in [-0.25, -0.2) is 4.79 Å². The van der Waals surface area contributed by atoms with Crippen LogP contribution >= 0.6 is 0 Å². The summed E-state index contributed by atoms with van der Waals surface area (Å²) in [4.78, 5) is 15.1. The van der Waals surface area contributed by atoms with Crippen LogP contribution in [0.2, 0.25) is 0 Å². The molecule has 0 aromatic rings. The van der Waals surface area contributed by atoms with E-state index in [1.807, 2.05) is 6.08 Å². The van der Waals surface area contributed by atoms with Crippen molar-refractivity contribution >= 4 is 6.08 Å². The highest BCUT2D eigenvalue weighted by molar-refractivity contribution is 5.35. The van der Waals surface area contributed by atoms with Gasteiger partial charge in [0.1, 0.15) is 0 Å². The van der Waals surface area contributed by atoms with Crippen molar-refractivity contribution < 1.29 is 4.79 Å². The van der Waals surface area contributed by atoms with Crippen LogP contribution in [0.3, 0.4) is 0 Å². The average molecular weight is 279 g/mol. The van der Waals surface area contributed by atoms with E-state index >= 15 is 0 Å². The molecule has 2 heteroatoms. The van der Waals surface area contributed by atoms with Crippen LogP contribution in [-0.2, 0) is 4.79 Å². The maximum absolute atomic E-state index is 10.8. The minimum Gasteiger partial charge on any atom is -0.211 e. The Bertz CT molecular complexity index is 317. The van der Waals surface area contributed by atoms with Gasteiger partial charge in [-0.3, -0.25) is 0 Å². The molecule has 1 unspecified atom stereocenters. The molecule has 0 amide bonds. The third-order valence-electron chi connectivity index (χ3n) is 5.47. The van der Waals surface area contributed by atoms with E-state index in [0.717, 1.165) is 12.8 Å². The Morgan fingerprint density at radius 3 is 1.55 bits per heavy atom. The van der Waals surface area contributed by atoms with Crippen LogP contribution < -0.4 is 0 Å². The Balaban J connectivity index is 2.69. The van der Waals surface area contributed by atoms with Crippen LogP contribution in [0.25, 0.3) is 0 Å². The van der Waals surface area contributed by atoms with E-state index < -0.39 is 0 Å². The molecule has 0 aromatic heterocycles. The fourth-order valence-corrected chi connectivity index (χ4v) is 3.37. The zero-order chi connectivity index (χ0) is 14.9. The lowest BCUT2D eigenvalue weighted by Gasteiger charge is -2.40. The molecule has 1 rings (SSSR count). The molecule has 0 spiro atoms. The molecule has 1 aliphatic rings. The summed E-state index contributed by atoms with van der Waals surface area (Å²) in [5, 5.41) is 0. The summed E-state index contributed by atoms with van der Waals surface area (Å²) in [6, 6.07) is 0. The van der Waals surface area contributed by atoms with Crippen molar-refractivity contribution in [3.63, 3.8) is 0 Å². The number of rotatable bonds is 1. The number of hydrogen-bond donors (Lipinski definition) is 0. The fourth-order valence-electron chi connectivity index (χ4n) is 3.37. The fraction of sp³-hybridized carbons (Fsp3) is 0.944. The SMILES string of the molecule is CC1(C)CCCCCCCCCCCCC1(C)N=C=O. The lowest BCUT2D eigenvalue weighted by molar-refractivity contribution is 0.149. The standard InChI is InChI=1S/C18H33NO/c1-17(2)14-12-10-8-6-4-5-7-9-11-13-15-18(17,3)19-16-20/h4-15H2,1-3H3. The van der Waals surface area contributed by atoms with E-state index in [2.05, 4.69) is 25.8 Å². The third-order valence-corrected chi connectivity index (χ3v) is 5.47. The third kappa shape index (κ3) is 5.40. The Hall–Kier alpha value is -0.620. The predicted molar refractivity (Wildman–Crippen MR) is 85.7 cm³/mol. The molecule has 0 N–H and O–H groups in total. The molecule has 0 aromatic carbocycles. The molecule has 0 radical (unpaired) electrons. The maximum atomic E-state index is 10.8. The number of aliphatic imine (C=N–C) groups is 1. The molecular formula is C18H33NO. The van der Waals surface area contributed by atoms with Gasteiger partial charge in [-0.15, -0.1) is 0 Å². The van der Waals surface area contributed by atoms with Gasteiger partial charge in [-0.05, 0) is 25.2 Å². The molecule has 20 heavy (non-hydrogen) atoms. The summed E-state index contributed by atoms with van der Waals surface area (Å²) in [6.07, 6.45) is 17.4. The lowest BCUT2D eigenvalue weighted by Crippen LogP contribution is -2.40. The normalized spacial score (nSPS) is 29.9. The molecule has 0 aliphatic heterocycles. The molecule has 116 valence electrons. The zero-order valence-corrected chi connectivity index (χ0v) is 13.8. The predicted octanol–water partition coefficient (Wildman–Crippen LogP) is 5.80. The van der Waals surface area contributed by atoms with Gasteiger partial charge >= 0.3 is 0 Å². The molecule has 1 saturated carbocycles. The van der Waals surface area contributed by atoms with Gasteiger partial charge in [0.05, 0.1) is 5.54 Å². The van der Waals surface area contributed by atoms with Crippen molar-refractivity contribution in [2.45, 2.75) is 103 Å². The highest BCUT2D eigenvalue weighted by atomic mass is 16.1. The molecule has 1 aliphatic carbocycles. The quantitative estimate of drug-likeness (QED) is 0.440. The number of hydrogen-bond acceptors (Lipinski definition) is 2. The second-order valence-corrected chi connectivity index (χ2v) is 7.40. The summed E-state index contributed by atoms with van der Waals surface area (Å²) in [6.45, 7) is 6.71. The van der Waals surface area contributed by atoms with Crippen LogP contribution in [0.5, 0.6) is 0 Å². The summed E-state index contributed by atoms with van der Waals surface area (Å²) in [7, 11) is 0. The van der Waals surface area contributed by atoms with Crippen molar-refractivity contribution in [2.75, 3.05) is 0 Å². The van der Waals surface area contributed by atoms with Crippen molar-refractivity contribution in [2.24, 2.45) is 10.4 Å². The smallest absolute Gasteiger partial charge is 0.211 e. The van der Waals surface area contributed by atoms with Crippen molar-refractivity contribution in [1.29, 1.82) is 0 Å². The van der Waals surface area contributed by atoms with Gasteiger partial charge in [-0.2, -0.15) is 4.99 Å². The second-order valence-electron chi connectivity index (χ2n) is 7.40. The lowest BCUT2D eigenvalue weighted by atomic mass is 9.68. The summed E-state index contributed by atoms with van der Waals surface area (Å²) in [5.41, 5.74) is -0.145. The van der Waals surface area contributed by atoms with Crippen LogP contribution in [0, 0.1) is 5.41 Å². The zero-order valence-electron chi connectivity index (χ0n) is 13.8. The summed E-state index contributed by atoms with van der Waals surface area (Å²) < 4.78 is 0. The first kappa shape index (κ1) is 17.4. The van der Waals surface area contributed by atoms with Gasteiger partial charge in [-0.1, -0.05) is 78.1 Å². The molecule has 1 fully saturated rings. The highest BCUT2D eigenvalue weighted by Crippen LogP contribution is 2.42. The minimum absolute atomic E-state index is 0.0918. The van der Waals surface area contributed by atoms with Crippen LogP contribution in [-0.4, -0.2) is 11.6 Å². The van der Waals surface area contributed by atoms with E-state index in [9.17, 15) is 4.79 Å². The minimum atomic E-state index is -0.237. The number of carbonyl (C=O) groups excluding carboxylic acids is 1. The maximum Gasteiger partial charge on any atom is 0.235 e. The van der Waals surface area contributed by atoms with Gasteiger partial charge in [0, 0.05) is 0 Å². The Morgan fingerprint density at radius 1 is 0.700 bits per heavy atom. The molecular weight excluding hydrogens is 246 g/mol. The highest BCUT2D eigenvalue weighted by Gasteiger charge is 2.40. The molecule has 0 bridgehead atoms. The van der Waals surface area contributed by atoms with Crippen LogP contribution in [0.1, 0.15) is 97.8 Å². The Kier molecular flexibility index (Phi) is 7.51. The Morgan fingerprint density at radius 2 is 1.10 bits per heavy atom. The van der Waals surface area contributed by atoms with E-state index in [1.54, 1.807) is 0 Å². The molecule has 1 atom stereocenters. The van der Waals surface area contributed by atoms with Crippen molar-refractivity contribution in [3.05, 3.63) is 0 Å². The molecule has 0 heterocycles. The van der Waals surface area contributed by atoms with Gasteiger partial charge in [0.25, 0.3) is 0 Å². The van der Waals surface area contributed by atoms with Gasteiger partial charge < -0.3 is 0 Å². The molecule has 0 saturated heterocycles. The van der Waals surface area contributed by atoms with E-state index in [-0.39, 0.29) is 11.0 Å². The largest absolute Gasteiger partial charge is 0.235 e. The Labute approximate surface area is 125 Å². The average Bonchev–Trinajstić information content (AvgIpc) is 2.39. The van der Waals surface area contributed by atoms with Crippen LogP contribution in [0.4, 0.5) is 0 Å². The van der Waals surface area contributed by atoms with Crippen molar-refractivity contribution in [1.82, 2.24) is 0 Å². The second kappa shape index (κ2) is 8.62. The first-order chi connectivity index (χ1) is 9.52. The monoisotopic (exact) mass is 279 g/mol. The van der Waals surface area contributed by atoms with Gasteiger partial charge in [0.2, 0.25) is 6.08 Å². The number of nitrogens with zero attached hydrogens (tertiary/aromatic N) is 1. The van der Waals surface area contributed by atoms with Gasteiger partial charge in [0.15, 0.2) is 0 Å². The summed E-state index contributed by atoms with van der Waals surface area (Å²) >= 11 is 0.